The van der Waals surface area contributed by atoms with E-state index >= 15 is 0 Å². The Hall–Kier alpha value is -1.83. The van der Waals surface area contributed by atoms with Crippen molar-refractivity contribution >= 4 is 18.1 Å². The van der Waals surface area contributed by atoms with Gasteiger partial charge in [-0.1, -0.05) is 0 Å². The molecule has 2 aliphatic heterocycles. The Labute approximate surface area is 142 Å². The van der Waals surface area contributed by atoms with E-state index in [1.807, 2.05) is 0 Å². The molecule has 2 saturated heterocycles. The van der Waals surface area contributed by atoms with E-state index in [1.54, 1.807) is 34.6 Å². The lowest BCUT2D eigenvalue weighted by Crippen LogP contribution is -2.50. The van der Waals surface area contributed by atoms with E-state index < -0.39 is 23.5 Å². The number of rotatable bonds is 3. The highest BCUT2D eigenvalue weighted by Crippen LogP contribution is 2.31. The number of carbonyl (C=O) groups is 3. The number of hydrogen-bond acceptors (Lipinski definition) is 6. The first-order valence-corrected chi connectivity index (χ1v) is 8.15. The third kappa shape index (κ3) is 4.17. The van der Waals surface area contributed by atoms with Crippen LogP contribution in [0, 0.1) is 0 Å². The minimum absolute atomic E-state index is 0.137. The second kappa shape index (κ2) is 6.58. The van der Waals surface area contributed by atoms with E-state index in [0.717, 1.165) is 4.90 Å². The van der Waals surface area contributed by atoms with E-state index in [-0.39, 0.29) is 31.5 Å². The molecule has 8 nitrogen and oxygen atoms in total. The Morgan fingerprint density at radius 2 is 2.00 bits per heavy atom. The first-order chi connectivity index (χ1) is 11.0. The van der Waals surface area contributed by atoms with E-state index in [1.165, 1.54) is 4.90 Å². The summed E-state index contributed by atoms with van der Waals surface area (Å²) in [5.74, 6) is -0.300. The molecule has 0 aromatic rings. The molecule has 0 radical (unpaired) electrons. The van der Waals surface area contributed by atoms with Crippen molar-refractivity contribution in [3.8, 4) is 0 Å². The number of hydrogen-bond donors (Lipinski definition) is 0. The minimum atomic E-state index is -0.803. The maximum Gasteiger partial charge on any atom is 0.416 e. The van der Waals surface area contributed by atoms with Gasteiger partial charge in [0.2, 0.25) is 5.91 Å². The number of cyclic esters (lactones) is 1. The zero-order valence-electron chi connectivity index (χ0n) is 15.0. The molecule has 2 aliphatic rings. The molecule has 0 unspecified atom stereocenters. The Bertz CT molecular complexity index is 525. The number of amides is 3. The van der Waals surface area contributed by atoms with E-state index in [9.17, 15) is 14.4 Å². The summed E-state index contributed by atoms with van der Waals surface area (Å²) in [6, 6.07) is -0.280. The van der Waals surface area contributed by atoms with Gasteiger partial charge in [0.1, 0.15) is 17.9 Å². The summed E-state index contributed by atoms with van der Waals surface area (Å²) in [7, 11) is 0. The van der Waals surface area contributed by atoms with Crippen molar-refractivity contribution in [1.82, 2.24) is 9.80 Å². The maximum atomic E-state index is 12.5. The van der Waals surface area contributed by atoms with Crippen molar-refractivity contribution in [2.75, 3.05) is 19.8 Å². The van der Waals surface area contributed by atoms with Crippen molar-refractivity contribution in [3.05, 3.63) is 0 Å². The number of ether oxygens (including phenoxy) is 3. The quantitative estimate of drug-likeness (QED) is 0.781. The fraction of sp³-hybridized carbons (Fsp3) is 0.812. The normalized spacial score (nSPS) is 23.4. The molecule has 0 aromatic carbocycles. The summed E-state index contributed by atoms with van der Waals surface area (Å²) in [6.07, 6.45) is -0.543. The molecule has 0 spiro atoms. The summed E-state index contributed by atoms with van der Waals surface area (Å²) in [6.45, 7) is 9.80. The average molecular weight is 342 g/mol. The molecule has 0 N–H and O–H groups in total. The van der Waals surface area contributed by atoms with Crippen molar-refractivity contribution < 1.29 is 28.6 Å². The van der Waals surface area contributed by atoms with Gasteiger partial charge < -0.3 is 14.2 Å². The Kier molecular flexibility index (Phi) is 5.08. The van der Waals surface area contributed by atoms with Crippen molar-refractivity contribution in [3.63, 3.8) is 0 Å². The SMILES string of the molecule is CC(C)(C)OC(=O)N1[C@@H](CCC(=O)N2CCOC2=O)COC1(C)C. The molecule has 2 rings (SSSR count). The van der Waals surface area contributed by atoms with Gasteiger partial charge in [-0.3, -0.25) is 9.69 Å². The third-order valence-electron chi connectivity index (χ3n) is 3.92. The standard InChI is InChI=1S/C16H26N2O6/c1-15(2,3)24-14(21)18-11(10-23-16(18,4)5)6-7-12(19)17-8-9-22-13(17)20/h11H,6-10H2,1-5H3/t11-/m0/s1. The van der Waals surface area contributed by atoms with Crippen LogP contribution in [-0.2, 0) is 19.0 Å². The molecule has 24 heavy (non-hydrogen) atoms. The van der Waals surface area contributed by atoms with Crippen molar-refractivity contribution in [1.29, 1.82) is 0 Å². The topological polar surface area (TPSA) is 85.4 Å². The van der Waals surface area contributed by atoms with Gasteiger partial charge in [0.25, 0.3) is 0 Å². The smallest absolute Gasteiger partial charge is 0.416 e. The zero-order chi connectivity index (χ0) is 18.1. The van der Waals surface area contributed by atoms with Crippen LogP contribution in [0.1, 0.15) is 47.5 Å². The molecule has 0 aliphatic carbocycles. The summed E-state index contributed by atoms with van der Waals surface area (Å²) >= 11 is 0. The molecule has 2 heterocycles. The molecule has 0 aromatic heterocycles. The molecule has 0 saturated carbocycles. The van der Waals surface area contributed by atoms with E-state index in [4.69, 9.17) is 14.2 Å². The second-order valence-corrected chi connectivity index (χ2v) is 7.46. The van der Waals surface area contributed by atoms with E-state index in [0.29, 0.717) is 13.0 Å². The first-order valence-electron chi connectivity index (χ1n) is 8.15. The van der Waals surface area contributed by atoms with Crippen LogP contribution in [0.5, 0.6) is 0 Å². The maximum absolute atomic E-state index is 12.5. The van der Waals surface area contributed by atoms with Gasteiger partial charge in [0.05, 0.1) is 19.2 Å². The second-order valence-electron chi connectivity index (χ2n) is 7.46. The lowest BCUT2D eigenvalue weighted by molar-refractivity contribution is -0.128. The van der Waals surface area contributed by atoms with Gasteiger partial charge in [-0.25, -0.2) is 14.5 Å². The lowest BCUT2D eigenvalue weighted by Gasteiger charge is -2.35. The van der Waals surface area contributed by atoms with Crippen LogP contribution >= 0.6 is 0 Å². The summed E-state index contributed by atoms with van der Waals surface area (Å²) in [5, 5.41) is 0. The monoisotopic (exact) mass is 342 g/mol. The van der Waals surface area contributed by atoms with Gasteiger partial charge in [0.15, 0.2) is 0 Å². The molecule has 0 bridgehead atoms. The van der Waals surface area contributed by atoms with Gasteiger partial charge in [0, 0.05) is 6.42 Å². The zero-order valence-corrected chi connectivity index (χ0v) is 15.0. The van der Waals surface area contributed by atoms with E-state index in [2.05, 4.69) is 0 Å². The summed E-state index contributed by atoms with van der Waals surface area (Å²) < 4.78 is 15.9. The minimum Gasteiger partial charge on any atom is -0.447 e. The molecule has 2 fully saturated rings. The molecule has 136 valence electrons. The van der Waals surface area contributed by atoms with Crippen molar-refractivity contribution in [2.45, 2.75) is 64.8 Å². The third-order valence-corrected chi connectivity index (χ3v) is 3.92. The summed E-state index contributed by atoms with van der Waals surface area (Å²) in [4.78, 5) is 38.7. The van der Waals surface area contributed by atoms with Gasteiger partial charge in [-0.05, 0) is 41.0 Å². The molecular weight excluding hydrogens is 316 g/mol. The highest BCUT2D eigenvalue weighted by atomic mass is 16.6. The van der Waals surface area contributed by atoms with Gasteiger partial charge in [-0.15, -0.1) is 0 Å². The van der Waals surface area contributed by atoms with Crippen LogP contribution in [0.4, 0.5) is 9.59 Å². The van der Waals surface area contributed by atoms with Crippen LogP contribution in [0.3, 0.4) is 0 Å². The fourth-order valence-electron chi connectivity index (χ4n) is 2.82. The molecule has 1 atom stereocenters. The average Bonchev–Trinajstić information content (AvgIpc) is 2.97. The lowest BCUT2D eigenvalue weighted by atomic mass is 10.1. The fourth-order valence-corrected chi connectivity index (χ4v) is 2.82. The van der Waals surface area contributed by atoms with Crippen molar-refractivity contribution in [2.24, 2.45) is 0 Å². The van der Waals surface area contributed by atoms with Crippen LogP contribution in [0.15, 0.2) is 0 Å². The Morgan fingerprint density at radius 1 is 1.33 bits per heavy atom. The van der Waals surface area contributed by atoms with Crippen LogP contribution in [-0.4, -0.2) is 65.0 Å². The molecular formula is C16H26N2O6. The number of carbonyl (C=O) groups excluding carboxylic acids is 3. The summed E-state index contributed by atoms with van der Waals surface area (Å²) in [5.41, 5.74) is -1.42. The Morgan fingerprint density at radius 3 is 2.54 bits per heavy atom. The highest BCUT2D eigenvalue weighted by Gasteiger charge is 2.45. The first kappa shape index (κ1) is 18.5. The van der Waals surface area contributed by atoms with Crippen LogP contribution in [0.25, 0.3) is 0 Å². The molecule has 3 amide bonds. The predicted molar refractivity (Wildman–Crippen MR) is 84.2 cm³/mol. The van der Waals surface area contributed by atoms with Crippen LogP contribution in [0.2, 0.25) is 0 Å². The Balaban J connectivity index is 1.99. The largest absolute Gasteiger partial charge is 0.447 e. The predicted octanol–water partition coefficient (Wildman–Crippen LogP) is 2.12. The number of nitrogens with zero attached hydrogens (tertiary/aromatic N) is 2. The van der Waals surface area contributed by atoms with Crippen LogP contribution < -0.4 is 0 Å². The molecule has 8 heteroatoms. The van der Waals surface area contributed by atoms with Gasteiger partial charge in [-0.2, -0.15) is 0 Å². The number of imide groups is 1. The highest BCUT2D eigenvalue weighted by molar-refractivity contribution is 5.92. The van der Waals surface area contributed by atoms with Gasteiger partial charge >= 0.3 is 12.2 Å².